The normalized spacial score (nSPS) is 15.3. The number of nitro benzene ring substituents is 1. The number of nitrogens with zero attached hydrogens (tertiary/aromatic N) is 3. The minimum atomic E-state index is -0.336. The summed E-state index contributed by atoms with van der Waals surface area (Å²) < 4.78 is 2.30. The maximum absolute atomic E-state index is 11.2. The predicted octanol–water partition coefficient (Wildman–Crippen LogP) is 6.09. The summed E-state index contributed by atoms with van der Waals surface area (Å²) in [5.41, 5.74) is 5.33. The molecule has 5 nitrogen and oxygen atoms in total. The summed E-state index contributed by atoms with van der Waals surface area (Å²) in [5, 5.41) is 13.3. The van der Waals surface area contributed by atoms with Crippen LogP contribution in [0.4, 0.5) is 11.4 Å². The van der Waals surface area contributed by atoms with Crippen molar-refractivity contribution in [1.82, 2.24) is 4.57 Å². The lowest BCUT2D eigenvalue weighted by Gasteiger charge is -2.16. The number of hydrogen-bond acceptors (Lipinski definition) is 4. The molecule has 0 amide bonds. The molecule has 0 unspecified atom stereocenters. The quantitative estimate of drug-likeness (QED) is 0.398. The molecule has 2 aromatic carbocycles. The maximum Gasteiger partial charge on any atom is 0.270 e. The average molecular weight is 394 g/mol. The lowest BCUT2D eigenvalue weighted by atomic mass is 10.1. The van der Waals surface area contributed by atoms with E-state index in [4.69, 9.17) is 4.99 Å². The van der Waals surface area contributed by atoms with Crippen LogP contribution in [0.5, 0.6) is 0 Å². The Morgan fingerprint density at radius 2 is 1.93 bits per heavy atom. The van der Waals surface area contributed by atoms with Gasteiger partial charge in [0, 0.05) is 29.1 Å². The second-order valence-electron chi connectivity index (χ2n) is 7.42. The highest BCUT2D eigenvalue weighted by Gasteiger charge is 2.22. The van der Waals surface area contributed by atoms with Crippen LogP contribution >= 0.6 is 11.3 Å². The molecule has 4 rings (SSSR count). The van der Waals surface area contributed by atoms with Crippen molar-refractivity contribution in [2.75, 3.05) is 0 Å². The minimum Gasteiger partial charge on any atom is -0.313 e. The first-order chi connectivity index (χ1) is 13.5. The lowest BCUT2D eigenvalue weighted by Crippen LogP contribution is -2.20. The molecule has 0 saturated heterocycles. The Bertz CT molecular complexity index is 1090. The standard InChI is InChI=1S/C22H23N3O2S/c1-15-10-11-16(2)20(12-15)23-22-24(18-7-3-4-8-18)21(14-28-22)17-6-5-9-19(13-17)25(26)27/h5-6,9-14,18H,3-4,7-8H2,1-2H3. The topological polar surface area (TPSA) is 60.4 Å². The Balaban J connectivity index is 1.89. The molecule has 0 radical (unpaired) electrons. The number of aromatic nitrogens is 1. The van der Waals surface area contributed by atoms with Crippen LogP contribution in [0.2, 0.25) is 0 Å². The van der Waals surface area contributed by atoms with Crippen molar-refractivity contribution >= 4 is 22.7 Å². The Labute approximate surface area is 168 Å². The highest BCUT2D eigenvalue weighted by Crippen LogP contribution is 2.34. The van der Waals surface area contributed by atoms with Crippen LogP contribution < -0.4 is 4.80 Å². The van der Waals surface area contributed by atoms with Crippen LogP contribution in [0.15, 0.2) is 52.8 Å². The van der Waals surface area contributed by atoms with E-state index in [1.54, 1.807) is 23.5 Å². The van der Waals surface area contributed by atoms with E-state index in [2.05, 4.69) is 42.0 Å². The van der Waals surface area contributed by atoms with Crippen LogP contribution in [0.3, 0.4) is 0 Å². The summed E-state index contributed by atoms with van der Waals surface area (Å²) in [5.74, 6) is 0. The van der Waals surface area contributed by atoms with Gasteiger partial charge in [-0.1, -0.05) is 37.1 Å². The van der Waals surface area contributed by atoms with Gasteiger partial charge in [0.05, 0.1) is 16.3 Å². The van der Waals surface area contributed by atoms with E-state index in [1.807, 2.05) is 6.07 Å². The van der Waals surface area contributed by atoms with Crippen molar-refractivity contribution in [2.45, 2.75) is 45.6 Å². The number of aryl methyl sites for hydroxylation is 2. The fraction of sp³-hybridized carbons (Fsp3) is 0.318. The number of benzene rings is 2. The van der Waals surface area contributed by atoms with E-state index in [9.17, 15) is 10.1 Å². The third-order valence-electron chi connectivity index (χ3n) is 5.36. The molecule has 1 saturated carbocycles. The van der Waals surface area contributed by atoms with E-state index in [1.165, 1.54) is 24.5 Å². The number of thiazole rings is 1. The fourth-order valence-electron chi connectivity index (χ4n) is 3.85. The third-order valence-corrected chi connectivity index (χ3v) is 6.20. The van der Waals surface area contributed by atoms with Gasteiger partial charge < -0.3 is 4.57 Å². The zero-order chi connectivity index (χ0) is 19.7. The molecule has 1 aliphatic rings. The molecule has 0 atom stereocenters. The largest absolute Gasteiger partial charge is 0.313 e. The molecule has 0 aliphatic heterocycles. The Morgan fingerprint density at radius 3 is 2.68 bits per heavy atom. The molecule has 1 heterocycles. The molecule has 0 N–H and O–H groups in total. The molecule has 0 spiro atoms. The Kier molecular flexibility index (Phi) is 5.13. The zero-order valence-electron chi connectivity index (χ0n) is 16.1. The number of nitro groups is 1. The van der Waals surface area contributed by atoms with E-state index < -0.39 is 0 Å². The van der Waals surface area contributed by atoms with E-state index in [0.29, 0.717) is 6.04 Å². The summed E-state index contributed by atoms with van der Waals surface area (Å²) in [7, 11) is 0. The van der Waals surface area contributed by atoms with Crippen LogP contribution in [-0.4, -0.2) is 9.49 Å². The molecular formula is C22H23N3O2S. The molecule has 6 heteroatoms. The molecule has 1 aliphatic carbocycles. The number of rotatable bonds is 4. The van der Waals surface area contributed by atoms with Gasteiger partial charge in [-0.05, 0) is 43.9 Å². The molecule has 3 aromatic rings. The van der Waals surface area contributed by atoms with Gasteiger partial charge in [-0.3, -0.25) is 10.1 Å². The van der Waals surface area contributed by atoms with Gasteiger partial charge >= 0.3 is 0 Å². The minimum absolute atomic E-state index is 0.120. The van der Waals surface area contributed by atoms with Crippen molar-refractivity contribution in [3.05, 3.63) is 73.9 Å². The lowest BCUT2D eigenvalue weighted by molar-refractivity contribution is -0.384. The van der Waals surface area contributed by atoms with Gasteiger partial charge in [0.1, 0.15) is 0 Å². The van der Waals surface area contributed by atoms with Crippen LogP contribution in [-0.2, 0) is 0 Å². The van der Waals surface area contributed by atoms with Crippen molar-refractivity contribution in [2.24, 2.45) is 4.99 Å². The second-order valence-corrected chi connectivity index (χ2v) is 8.26. The van der Waals surface area contributed by atoms with E-state index >= 15 is 0 Å². The first kappa shape index (κ1) is 18.6. The van der Waals surface area contributed by atoms with Crippen LogP contribution in [0, 0.1) is 24.0 Å². The first-order valence-electron chi connectivity index (χ1n) is 9.60. The van der Waals surface area contributed by atoms with Crippen molar-refractivity contribution in [1.29, 1.82) is 0 Å². The number of non-ortho nitro benzene ring substituents is 1. The Morgan fingerprint density at radius 1 is 1.14 bits per heavy atom. The first-order valence-corrected chi connectivity index (χ1v) is 10.5. The maximum atomic E-state index is 11.2. The summed E-state index contributed by atoms with van der Waals surface area (Å²) in [6.07, 6.45) is 4.67. The van der Waals surface area contributed by atoms with Crippen molar-refractivity contribution in [3.63, 3.8) is 0 Å². The van der Waals surface area contributed by atoms with Crippen LogP contribution in [0.1, 0.15) is 42.9 Å². The monoisotopic (exact) mass is 393 g/mol. The van der Waals surface area contributed by atoms with Gasteiger partial charge in [-0.15, -0.1) is 11.3 Å². The van der Waals surface area contributed by atoms with Gasteiger partial charge in [0.2, 0.25) is 0 Å². The fourth-order valence-corrected chi connectivity index (χ4v) is 4.83. The molecule has 0 bridgehead atoms. The summed E-state index contributed by atoms with van der Waals surface area (Å²) in [6, 6.07) is 13.6. The number of hydrogen-bond donors (Lipinski definition) is 0. The van der Waals surface area contributed by atoms with Crippen LogP contribution in [0.25, 0.3) is 11.3 Å². The highest BCUT2D eigenvalue weighted by atomic mass is 32.1. The molecule has 28 heavy (non-hydrogen) atoms. The molecule has 144 valence electrons. The smallest absolute Gasteiger partial charge is 0.270 e. The third kappa shape index (κ3) is 3.64. The van der Waals surface area contributed by atoms with Gasteiger partial charge in [-0.2, -0.15) is 0 Å². The summed E-state index contributed by atoms with van der Waals surface area (Å²) in [6.45, 7) is 4.15. The molecular weight excluding hydrogens is 370 g/mol. The van der Waals surface area contributed by atoms with Crippen molar-refractivity contribution in [3.8, 4) is 11.3 Å². The SMILES string of the molecule is Cc1ccc(C)c(N=c2scc(-c3cccc([N+](=O)[O-])c3)n2C2CCCC2)c1. The second kappa shape index (κ2) is 7.72. The zero-order valence-corrected chi connectivity index (χ0v) is 16.9. The average Bonchev–Trinajstić information content (AvgIpc) is 3.34. The predicted molar refractivity (Wildman–Crippen MR) is 113 cm³/mol. The van der Waals surface area contributed by atoms with E-state index in [-0.39, 0.29) is 10.6 Å². The van der Waals surface area contributed by atoms with E-state index in [0.717, 1.165) is 40.2 Å². The van der Waals surface area contributed by atoms with Gasteiger partial charge in [0.25, 0.3) is 5.69 Å². The molecule has 1 fully saturated rings. The van der Waals surface area contributed by atoms with Gasteiger partial charge in [-0.25, -0.2) is 4.99 Å². The van der Waals surface area contributed by atoms with Gasteiger partial charge in [0.15, 0.2) is 4.80 Å². The highest BCUT2D eigenvalue weighted by molar-refractivity contribution is 7.07. The summed E-state index contributed by atoms with van der Waals surface area (Å²) >= 11 is 1.61. The molecule has 1 aromatic heterocycles. The van der Waals surface area contributed by atoms with Crippen molar-refractivity contribution < 1.29 is 4.92 Å². The summed E-state index contributed by atoms with van der Waals surface area (Å²) in [4.78, 5) is 16.8. The Hall–Kier alpha value is -2.73.